The molecule has 1 rings (SSSR count). The van der Waals surface area contributed by atoms with Crippen LogP contribution in [0.1, 0.15) is 32.8 Å². The summed E-state index contributed by atoms with van der Waals surface area (Å²) in [5.74, 6) is 0. The average Bonchev–Trinajstić information content (AvgIpc) is 2.05. The fourth-order valence-electron chi connectivity index (χ4n) is 1.27. The lowest BCUT2D eigenvalue weighted by molar-refractivity contribution is 0.624. The van der Waals surface area contributed by atoms with Crippen molar-refractivity contribution in [3.63, 3.8) is 0 Å². The highest BCUT2D eigenvalue weighted by atomic mass is 35.5. The Labute approximate surface area is 94.1 Å². The molecule has 0 bridgehead atoms. The van der Waals surface area contributed by atoms with Crippen LogP contribution in [0.15, 0.2) is 30.3 Å². The summed E-state index contributed by atoms with van der Waals surface area (Å²) in [6.07, 6.45) is 3.47. The third-order valence-electron chi connectivity index (χ3n) is 1.97. The zero-order valence-corrected chi connectivity index (χ0v) is 8.89. The van der Waals surface area contributed by atoms with Gasteiger partial charge in [0, 0.05) is 6.04 Å². The monoisotopic (exact) mass is 215 g/mol. The van der Waals surface area contributed by atoms with Crippen LogP contribution in [0.2, 0.25) is 0 Å². The Morgan fingerprint density at radius 2 is 1.79 bits per heavy atom. The Hall–Kier alpha value is -0.530. The molecular formula is C12H22ClN. The molecular weight excluding hydrogens is 194 g/mol. The van der Waals surface area contributed by atoms with Crippen molar-refractivity contribution in [2.45, 2.75) is 39.7 Å². The van der Waals surface area contributed by atoms with E-state index in [1.165, 1.54) is 12.0 Å². The van der Waals surface area contributed by atoms with Crippen LogP contribution in [0.5, 0.6) is 0 Å². The maximum atomic E-state index is 5.66. The summed E-state index contributed by atoms with van der Waals surface area (Å²) >= 11 is 0. The normalized spacial score (nSPS) is 11.0. The van der Waals surface area contributed by atoms with E-state index in [-0.39, 0.29) is 19.8 Å². The number of rotatable bonds is 4. The van der Waals surface area contributed by atoms with Crippen molar-refractivity contribution in [1.29, 1.82) is 0 Å². The standard InChI is InChI=1S/C11H17N.CH4.ClH/c1-10(12)6-5-9-11-7-3-2-4-8-11;;/h2-4,7-8,10H,5-6,9,12H2,1H3;1H4;1H/t10-;;/m0../s1. The zero-order chi connectivity index (χ0) is 8.81. The number of hydrogen-bond acceptors (Lipinski definition) is 1. The fourth-order valence-corrected chi connectivity index (χ4v) is 1.27. The average molecular weight is 216 g/mol. The second-order valence-electron chi connectivity index (χ2n) is 3.36. The smallest absolute Gasteiger partial charge is 0.00105 e. The first-order valence-corrected chi connectivity index (χ1v) is 4.58. The largest absolute Gasteiger partial charge is 0.328 e. The Balaban J connectivity index is 0. The molecule has 2 heteroatoms. The number of benzene rings is 1. The van der Waals surface area contributed by atoms with E-state index in [4.69, 9.17) is 5.73 Å². The Morgan fingerprint density at radius 3 is 2.29 bits per heavy atom. The lowest BCUT2D eigenvalue weighted by Gasteiger charge is -2.03. The van der Waals surface area contributed by atoms with Crippen LogP contribution < -0.4 is 5.73 Å². The molecule has 0 unspecified atom stereocenters. The molecule has 14 heavy (non-hydrogen) atoms. The first-order chi connectivity index (χ1) is 5.79. The topological polar surface area (TPSA) is 26.0 Å². The van der Waals surface area contributed by atoms with E-state index in [0.29, 0.717) is 6.04 Å². The van der Waals surface area contributed by atoms with Crippen LogP contribution in [0.25, 0.3) is 0 Å². The van der Waals surface area contributed by atoms with E-state index < -0.39 is 0 Å². The predicted octanol–water partition coefficient (Wildman–Crippen LogP) is 3.41. The molecule has 1 atom stereocenters. The third-order valence-corrected chi connectivity index (χ3v) is 1.97. The minimum absolute atomic E-state index is 0. The summed E-state index contributed by atoms with van der Waals surface area (Å²) in [5.41, 5.74) is 7.07. The van der Waals surface area contributed by atoms with Crippen molar-refractivity contribution < 1.29 is 0 Å². The van der Waals surface area contributed by atoms with Gasteiger partial charge in [-0.05, 0) is 31.7 Å². The molecule has 0 amide bonds. The van der Waals surface area contributed by atoms with Gasteiger partial charge in [0.05, 0.1) is 0 Å². The summed E-state index contributed by atoms with van der Waals surface area (Å²) in [7, 11) is 0. The Bertz CT molecular complexity index is 209. The molecule has 0 aliphatic heterocycles. The van der Waals surface area contributed by atoms with Crippen LogP contribution in [0, 0.1) is 0 Å². The lowest BCUT2D eigenvalue weighted by atomic mass is 10.1. The molecule has 0 heterocycles. The molecule has 82 valence electrons. The van der Waals surface area contributed by atoms with Gasteiger partial charge in [-0.25, -0.2) is 0 Å². The van der Waals surface area contributed by atoms with Crippen molar-refractivity contribution in [2.75, 3.05) is 0 Å². The number of hydrogen-bond donors (Lipinski definition) is 1. The van der Waals surface area contributed by atoms with Crippen molar-refractivity contribution in [3.8, 4) is 0 Å². The first-order valence-electron chi connectivity index (χ1n) is 4.58. The lowest BCUT2D eigenvalue weighted by Crippen LogP contribution is -2.14. The quantitative estimate of drug-likeness (QED) is 0.819. The van der Waals surface area contributed by atoms with Crippen molar-refractivity contribution in [1.82, 2.24) is 0 Å². The van der Waals surface area contributed by atoms with Gasteiger partial charge in [-0.15, -0.1) is 12.4 Å². The number of nitrogens with two attached hydrogens (primary N) is 1. The molecule has 0 aliphatic rings. The molecule has 0 spiro atoms. The van der Waals surface area contributed by atoms with E-state index in [1.54, 1.807) is 0 Å². The molecule has 1 nitrogen and oxygen atoms in total. The summed E-state index contributed by atoms with van der Waals surface area (Å²) in [6.45, 7) is 2.06. The van der Waals surface area contributed by atoms with Gasteiger partial charge in [0.25, 0.3) is 0 Å². The van der Waals surface area contributed by atoms with Crippen LogP contribution in [-0.2, 0) is 6.42 Å². The molecule has 0 fully saturated rings. The van der Waals surface area contributed by atoms with E-state index in [2.05, 4.69) is 37.3 Å². The molecule has 1 aromatic rings. The van der Waals surface area contributed by atoms with E-state index in [0.717, 1.165) is 12.8 Å². The predicted molar refractivity (Wildman–Crippen MR) is 67.0 cm³/mol. The maximum Gasteiger partial charge on any atom is 0.00105 e. The van der Waals surface area contributed by atoms with E-state index >= 15 is 0 Å². The van der Waals surface area contributed by atoms with Gasteiger partial charge in [0.1, 0.15) is 0 Å². The third kappa shape index (κ3) is 6.93. The second kappa shape index (κ2) is 9.04. The van der Waals surface area contributed by atoms with Crippen LogP contribution in [0.3, 0.4) is 0 Å². The maximum absolute atomic E-state index is 5.66. The molecule has 0 aliphatic carbocycles. The second-order valence-corrected chi connectivity index (χ2v) is 3.36. The molecule has 0 saturated heterocycles. The van der Waals surface area contributed by atoms with Gasteiger partial charge in [-0.1, -0.05) is 37.8 Å². The van der Waals surface area contributed by atoms with Gasteiger partial charge in [-0.3, -0.25) is 0 Å². The summed E-state index contributed by atoms with van der Waals surface area (Å²) < 4.78 is 0. The van der Waals surface area contributed by atoms with Crippen molar-refractivity contribution >= 4 is 12.4 Å². The summed E-state index contributed by atoms with van der Waals surface area (Å²) in [6, 6.07) is 10.9. The zero-order valence-electron chi connectivity index (χ0n) is 8.07. The molecule has 2 N–H and O–H groups in total. The van der Waals surface area contributed by atoms with Crippen molar-refractivity contribution in [3.05, 3.63) is 35.9 Å². The number of aryl methyl sites for hydroxylation is 1. The SMILES string of the molecule is C.C[C@H](N)CCCc1ccccc1.Cl. The minimum atomic E-state index is 0. The highest BCUT2D eigenvalue weighted by Crippen LogP contribution is 2.05. The summed E-state index contributed by atoms with van der Waals surface area (Å²) in [5, 5.41) is 0. The molecule has 0 aromatic heterocycles. The first kappa shape index (κ1) is 15.9. The van der Waals surface area contributed by atoms with Gasteiger partial charge >= 0.3 is 0 Å². The highest BCUT2D eigenvalue weighted by molar-refractivity contribution is 5.85. The van der Waals surface area contributed by atoms with E-state index in [1.807, 2.05) is 0 Å². The molecule has 0 radical (unpaired) electrons. The number of halogens is 1. The Kier molecular flexibility index (Phi) is 10.3. The molecule has 1 aromatic carbocycles. The van der Waals surface area contributed by atoms with Gasteiger partial charge < -0.3 is 5.73 Å². The summed E-state index contributed by atoms with van der Waals surface area (Å²) in [4.78, 5) is 0. The van der Waals surface area contributed by atoms with Crippen LogP contribution in [0.4, 0.5) is 0 Å². The van der Waals surface area contributed by atoms with Gasteiger partial charge in [0.15, 0.2) is 0 Å². The van der Waals surface area contributed by atoms with Gasteiger partial charge in [0.2, 0.25) is 0 Å². The fraction of sp³-hybridized carbons (Fsp3) is 0.500. The minimum Gasteiger partial charge on any atom is -0.328 e. The van der Waals surface area contributed by atoms with Crippen LogP contribution >= 0.6 is 12.4 Å². The van der Waals surface area contributed by atoms with Crippen LogP contribution in [-0.4, -0.2) is 6.04 Å². The highest BCUT2D eigenvalue weighted by Gasteiger charge is 1.94. The van der Waals surface area contributed by atoms with E-state index in [9.17, 15) is 0 Å². The molecule has 0 saturated carbocycles. The Morgan fingerprint density at radius 1 is 1.21 bits per heavy atom. The van der Waals surface area contributed by atoms with Crippen molar-refractivity contribution in [2.24, 2.45) is 5.73 Å². The van der Waals surface area contributed by atoms with Gasteiger partial charge in [-0.2, -0.15) is 0 Å².